The van der Waals surface area contributed by atoms with Crippen molar-refractivity contribution in [3.8, 4) is 0 Å². The van der Waals surface area contributed by atoms with Gasteiger partial charge >= 0.3 is 5.97 Å². The highest BCUT2D eigenvalue weighted by Gasteiger charge is 2.34. The van der Waals surface area contributed by atoms with Crippen LogP contribution in [0.1, 0.15) is 61.3 Å². The molecule has 4 heteroatoms. The first-order valence-corrected chi connectivity index (χ1v) is 8.22. The Labute approximate surface area is 131 Å². The van der Waals surface area contributed by atoms with E-state index in [1.807, 2.05) is 6.92 Å². The van der Waals surface area contributed by atoms with Crippen LogP contribution in [0.4, 0.5) is 0 Å². The number of methoxy groups -OCH3 is 1. The Hall–Kier alpha value is -0.610. The van der Waals surface area contributed by atoms with Crippen molar-refractivity contribution < 1.29 is 9.53 Å². The van der Waals surface area contributed by atoms with Crippen molar-refractivity contribution in [3.05, 3.63) is 0 Å². The van der Waals surface area contributed by atoms with E-state index in [1.54, 1.807) is 0 Å². The van der Waals surface area contributed by atoms with Gasteiger partial charge in [-0.2, -0.15) is 0 Å². The summed E-state index contributed by atoms with van der Waals surface area (Å²) >= 11 is 0. The highest BCUT2D eigenvalue weighted by Crippen LogP contribution is 2.17. The van der Waals surface area contributed by atoms with Gasteiger partial charge in [0.1, 0.15) is 5.54 Å². The molecule has 0 aliphatic carbocycles. The first-order valence-electron chi connectivity index (χ1n) is 8.22. The summed E-state index contributed by atoms with van der Waals surface area (Å²) in [7, 11) is 1.46. The van der Waals surface area contributed by atoms with E-state index in [1.165, 1.54) is 7.11 Å². The number of nitrogens with zero attached hydrogens (tertiary/aromatic N) is 1. The van der Waals surface area contributed by atoms with Crippen LogP contribution in [0.15, 0.2) is 0 Å². The van der Waals surface area contributed by atoms with Crippen LogP contribution >= 0.6 is 0 Å². The van der Waals surface area contributed by atoms with E-state index in [0.717, 1.165) is 25.9 Å². The molecule has 1 atom stereocenters. The lowest BCUT2D eigenvalue weighted by atomic mass is 9.94. The van der Waals surface area contributed by atoms with Crippen LogP contribution in [0.25, 0.3) is 0 Å². The lowest BCUT2D eigenvalue weighted by molar-refractivity contribution is -0.148. The van der Waals surface area contributed by atoms with Crippen LogP contribution < -0.4 is 5.32 Å². The molecule has 0 saturated heterocycles. The van der Waals surface area contributed by atoms with E-state index in [9.17, 15) is 4.79 Å². The zero-order valence-corrected chi connectivity index (χ0v) is 15.3. The van der Waals surface area contributed by atoms with Crippen LogP contribution in [0.3, 0.4) is 0 Å². The average Bonchev–Trinajstić information content (AvgIpc) is 2.34. The summed E-state index contributed by atoms with van der Waals surface area (Å²) in [5.41, 5.74) is -0.594. The minimum atomic E-state index is -0.594. The molecule has 4 nitrogen and oxygen atoms in total. The van der Waals surface area contributed by atoms with Gasteiger partial charge in [0.25, 0.3) is 0 Å². The monoisotopic (exact) mass is 300 g/mol. The third kappa shape index (κ3) is 7.82. The van der Waals surface area contributed by atoms with Gasteiger partial charge < -0.3 is 9.64 Å². The van der Waals surface area contributed by atoms with E-state index in [-0.39, 0.29) is 12.0 Å². The Balaban J connectivity index is 4.57. The Kier molecular flexibility index (Phi) is 9.14. The smallest absolute Gasteiger partial charge is 0.325 e. The molecular formula is C17H36N2O2. The minimum Gasteiger partial charge on any atom is -0.468 e. The maximum Gasteiger partial charge on any atom is 0.325 e. The number of hydrogen-bond donors (Lipinski definition) is 1. The number of carbonyl (C=O) groups is 1. The number of nitrogens with one attached hydrogen (secondary N) is 1. The quantitative estimate of drug-likeness (QED) is 0.630. The predicted octanol–water partition coefficient (Wildman–Crippen LogP) is 3.06. The lowest BCUT2D eigenvalue weighted by Crippen LogP contribution is -2.53. The summed E-state index contributed by atoms with van der Waals surface area (Å²) in [6.07, 6.45) is 1.77. The van der Waals surface area contributed by atoms with Gasteiger partial charge in [0.05, 0.1) is 7.11 Å². The van der Waals surface area contributed by atoms with Crippen molar-refractivity contribution in [1.29, 1.82) is 0 Å². The molecule has 0 aromatic carbocycles. The molecular weight excluding hydrogens is 264 g/mol. The van der Waals surface area contributed by atoms with Crippen LogP contribution in [-0.4, -0.2) is 48.7 Å². The van der Waals surface area contributed by atoms with Crippen molar-refractivity contribution in [2.24, 2.45) is 5.92 Å². The number of rotatable bonds is 10. The minimum absolute atomic E-state index is 0.170. The molecule has 0 aromatic rings. The molecule has 0 fully saturated rings. The predicted molar refractivity (Wildman–Crippen MR) is 89.5 cm³/mol. The summed E-state index contributed by atoms with van der Waals surface area (Å²) in [4.78, 5) is 14.5. The number of hydrogen-bond acceptors (Lipinski definition) is 4. The van der Waals surface area contributed by atoms with Gasteiger partial charge in [-0.3, -0.25) is 10.1 Å². The number of ether oxygens (including phenoxy) is 1. The van der Waals surface area contributed by atoms with Crippen LogP contribution in [0, 0.1) is 5.92 Å². The number of esters is 1. The van der Waals surface area contributed by atoms with Gasteiger partial charge in [-0.15, -0.1) is 0 Å². The normalized spacial score (nSPS) is 15.0. The molecule has 0 aliphatic heterocycles. The van der Waals surface area contributed by atoms with E-state index in [0.29, 0.717) is 12.0 Å². The molecule has 0 spiro atoms. The second-order valence-electron chi connectivity index (χ2n) is 7.21. The van der Waals surface area contributed by atoms with Gasteiger partial charge in [-0.25, -0.2) is 0 Å². The van der Waals surface area contributed by atoms with Gasteiger partial charge in [0.15, 0.2) is 0 Å². The van der Waals surface area contributed by atoms with Crippen molar-refractivity contribution in [2.45, 2.75) is 78.9 Å². The van der Waals surface area contributed by atoms with E-state index >= 15 is 0 Å². The first-order chi connectivity index (χ1) is 9.62. The van der Waals surface area contributed by atoms with Crippen LogP contribution in [0.2, 0.25) is 0 Å². The van der Waals surface area contributed by atoms with Crippen LogP contribution in [0.5, 0.6) is 0 Å². The van der Waals surface area contributed by atoms with Crippen molar-refractivity contribution in [3.63, 3.8) is 0 Å². The molecule has 0 heterocycles. The second-order valence-corrected chi connectivity index (χ2v) is 7.21. The maximum absolute atomic E-state index is 12.1. The fourth-order valence-electron chi connectivity index (χ4n) is 2.76. The third-order valence-corrected chi connectivity index (χ3v) is 3.70. The molecule has 0 amide bonds. The molecule has 0 bridgehead atoms. The Bertz CT molecular complexity index is 303. The molecule has 126 valence electrons. The van der Waals surface area contributed by atoms with Crippen molar-refractivity contribution in [1.82, 2.24) is 10.2 Å². The zero-order chi connectivity index (χ0) is 16.6. The molecule has 1 N–H and O–H groups in total. The van der Waals surface area contributed by atoms with Gasteiger partial charge in [0, 0.05) is 18.6 Å². The van der Waals surface area contributed by atoms with Crippen molar-refractivity contribution >= 4 is 5.97 Å². The van der Waals surface area contributed by atoms with E-state index < -0.39 is 5.54 Å². The fourth-order valence-corrected chi connectivity index (χ4v) is 2.76. The van der Waals surface area contributed by atoms with Gasteiger partial charge in [0.2, 0.25) is 0 Å². The van der Waals surface area contributed by atoms with E-state index in [4.69, 9.17) is 4.74 Å². The summed E-state index contributed by atoms with van der Waals surface area (Å²) in [5.74, 6) is 0.490. The summed E-state index contributed by atoms with van der Waals surface area (Å²) in [6, 6.07) is 0.792. The summed E-state index contributed by atoms with van der Waals surface area (Å²) in [6.45, 7) is 17.1. The third-order valence-electron chi connectivity index (χ3n) is 3.70. The van der Waals surface area contributed by atoms with Gasteiger partial charge in [-0.1, -0.05) is 13.8 Å². The topological polar surface area (TPSA) is 41.6 Å². The molecule has 0 saturated carbocycles. The standard InChI is InChI=1S/C17H36N2O2/c1-13(2)12-19(15(5)6)11-9-10-17(7,16(20)21-8)18-14(3)4/h13-15,18H,9-12H2,1-8H3. The average molecular weight is 300 g/mol. The molecule has 0 aromatic heterocycles. The fraction of sp³-hybridized carbons (Fsp3) is 0.941. The first kappa shape index (κ1) is 20.4. The van der Waals surface area contributed by atoms with Crippen LogP contribution in [-0.2, 0) is 9.53 Å². The van der Waals surface area contributed by atoms with Crippen molar-refractivity contribution in [2.75, 3.05) is 20.2 Å². The summed E-state index contributed by atoms with van der Waals surface area (Å²) < 4.78 is 4.97. The highest BCUT2D eigenvalue weighted by molar-refractivity contribution is 5.80. The Morgan fingerprint density at radius 3 is 2.14 bits per heavy atom. The molecule has 21 heavy (non-hydrogen) atoms. The second kappa shape index (κ2) is 9.42. The largest absolute Gasteiger partial charge is 0.468 e. The Morgan fingerprint density at radius 2 is 1.76 bits per heavy atom. The summed E-state index contributed by atoms with van der Waals surface area (Å²) in [5, 5.41) is 3.36. The molecule has 1 unspecified atom stereocenters. The zero-order valence-electron chi connectivity index (χ0n) is 15.3. The molecule has 0 radical (unpaired) electrons. The SMILES string of the molecule is COC(=O)C(C)(CCCN(CC(C)C)C(C)C)NC(C)C. The molecule has 0 aliphatic rings. The van der Waals surface area contributed by atoms with E-state index in [2.05, 4.69) is 51.8 Å². The lowest BCUT2D eigenvalue weighted by Gasteiger charge is -2.33. The van der Waals surface area contributed by atoms with Gasteiger partial charge in [-0.05, 0) is 59.9 Å². The molecule has 0 rings (SSSR count). The Morgan fingerprint density at radius 1 is 1.19 bits per heavy atom. The highest BCUT2D eigenvalue weighted by atomic mass is 16.5. The number of carbonyl (C=O) groups excluding carboxylic acids is 1. The maximum atomic E-state index is 12.1.